The summed E-state index contributed by atoms with van der Waals surface area (Å²) in [7, 11) is 0. The number of urea groups is 1. The normalized spacial score (nSPS) is 17.8. The molecule has 1 unspecified atom stereocenters. The van der Waals surface area contributed by atoms with Crippen LogP contribution in [0.2, 0.25) is 0 Å². The average Bonchev–Trinajstić information content (AvgIpc) is 3.19. The molecule has 2 aromatic heterocycles. The van der Waals surface area contributed by atoms with Gasteiger partial charge >= 0.3 is 6.03 Å². The Hall–Kier alpha value is -2.00. The van der Waals surface area contributed by atoms with E-state index in [0.717, 1.165) is 22.9 Å². The molecule has 1 atom stereocenters. The zero-order chi connectivity index (χ0) is 16.2. The maximum atomic E-state index is 12.3. The first kappa shape index (κ1) is 15.9. The van der Waals surface area contributed by atoms with E-state index in [1.807, 2.05) is 24.4 Å². The van der Waals surface area contributed by atoms with Crippen molar-refractivity contribution in [2.75, 3.05) is 23.7 Å². The number of nitrogens with one attached hydrogen (secondary N) is 2. The van der Waals surface area contributed by atoms with Crippen LogP contribution in [0, 0.1) is 12.8 Å². The van der Waals surface area contributed by atoms with E-state index in [2.05, 4.69) is 20.8 Å². The summed E-state index contributed by atoms with van der Waals surface area (Å²) in [5.41, 5.74) is 0. The van der Waals surface area contributed by atoms with Gasteiger partial charge in [-0.15, -0.1) is 21.5 Å². The molecule has 0 aromatic carbocycles. The van der Waals surface area contributed by atoms with Crippen LogP contribution in [-0.4, -0.2) is 40.1 Å². The van der Waals surface area contributed by atoms with E-state index >= 15 is 0 Å². The van der Waals surface area contributed by atoms with Gasteiger partial charge in [0.2, 0.25) is 11.0 Å². The molecule has 122 valence electrons. The molecular formula is C14H17N5O2S2. The number of hydrogen-bond acceptors (Lipinski definition) is 6. The Morgan fingerprint density at radius 1 is 1.35 bits per heavy atom. The smallest absolute Gasteiger partial charge is 0.322 e. The molecule has 7 nitrogen and oxygen atoms in total. The van der Waals surface area contributed by atoms with E-state index < -0.39 is 0 Å². The fourth-order valence-electron chi connectivity index (χ4n) is 2.46. The fraction of sp³-hybridized carbons (Fsp3) is 0.429. The minimum absolute atomic E-state index is 0.102. The molecule has 23 heavy (non-hydrogen) atoms. The van der Waals surface area contributed by atoms with Crippen LogP contribution < -0.4 is 10.6 Å². The number of rotatable bonds is 3. The Balaban J connectivity index is 1.56. The minimum Gasteiger partial charge on any atom is -0.324 e. The molecule has 1 aliphatic heterocycles. The summed E-state index contributed by atoms with van der Waals surface area (Å²) in [4.78, 5) is 26.3. The first-order valence-electron chi connectivity index (χ1n) is 7.32. The van der Waals surface area contributed by atoms with Crippen molar-refractivity contribution in [1.82, 2.24) is 15.1 Å². The van der Waals surface area contributed by atoms with Crippen molar-refractivity contribution in [1.29, 1.82) is 0 Å². The predicted molar refractivity (Wildman–Crippen MR) is 90.9 cm³/mol. The number of likely N-dealkylation sites (tertiary alicyclic amines) is 1. The first-order valence-corrected chi connectivity index (χ1v) is 9.02. The number of hydrogen-bond donors (Lipinski definition) is 2. The van der Waals surface area contributed by atoms with Gasteiger partial charge in [-0.3, -0.25) is 10.1 Å². The second-order valence-corrected chi connectivity index (χ2v) is 7.44. The quantitative estimate of drug-likeness (QED) is 0.890. The molecule has 0 saturated carbocycles. The number of anilines is 2. The van der Waals surface area contributed by atoms with Crippen LogP contribution in [0.5, 0.6) is 0 Å². The lowest BCUT2D eigenvalue weighted by molar-refractivity contribution is -0.121. The molecule has 1 fully saturated rings. The van der Waals surface area contributed by atoms with E-state index in [4.69, 9.17) is 0 Å². The van der Waals surface area contributed by atoms with Crippen LogP contribution in [0.4, 0.5) is 14.9 Å². The third-order valence-corrected chi connectivity index (χ3v) is 5.13. The number of carbonyl (C=O) groups excluding carboxylic acids is 2. The third-order valence-electron chi connectivity index (χ3n) is 3.59. The number of thiophene rings is 1. The lowest BCUT2D eigenvalue weighted by Crippen LogP contribution is -2.45. The summed E-state index contributed by atoms with van der Waals surface area (Å²) in [5, 5.41) is 17.5. The van der Waals surface area contributed by atoms with Gasteiger partial charge < -0.3 is 10.2 Å². The van der Waals surface area contributed by atoms with Crippen molar-refractivity contribution in [2.24, 2.45) is 5.92 Å². The topological polar surface area (TPSA) is 87.2 Å². The van der Waals surface area contributed by atoms with Gasteiger partial charge in [0, 0.05) is 13.1 Å². The summed E-state index contributed by atoms with van der Waals surface area (Å²) in [6.07, 6.45) is 1.58. The van der Waals surface area contributed by atoms with Gasteiger partial charge in [0.1, 0.15) is 5.01 Å². The largest absolute Gasteiger partial charge is 0.324 e. The van der Waals surface area contributed by atoms with Crippen LogP contribution in [0.25, 0.3) is 0 Å². The summed E-state index contributed by atoms with van der Waals surface area (Å²) in [6.45, 7) is 2.92. The molecule has 1 saturated heterocycles. The van der Waals surface area contributed by atoms with Gasteiger partial charge in [0.15, 0.2) is 0 Å². The van der Waals surface area contributed by atoms with Crippen LogP contribution in [-0.2, 0) is 4.79 Å². The highest BCUT2D eigenvalue weighted by atomic mass is 32.1. The Bertz CT molecular complexity index is 685. The van der Waals surface area contributed by atoms with Crippen LogP contribution in [0.3, 0.4) is 0 Å². The van der Waals surface area contributed by atoms with Crippen LogP contribution >= 0.6 is 22.7 Å². The zero-order valence-corrected chi connectivity index (χ0v) is 14.2. The molecular weight excluding hydrogens is 334 g/mol. The summed E-state index contributed by atoms with van der Waals surface area (Å²) in [5.74, 6) is -0.322. The molecule has 1 aliphatic rings. The van der Waals surface area contributed by atoms with Crippen molar-refractivity contribution in [3.05, 3.63) is 22.5 Å². The highest BCUT2D eigenvalue weighted by Gasteiger charge is 2.29. The van der Waals surface area contributed by atoms with Gasteiger partial charge in [-0.25, -0.2) is 4.79 Å². The highest BCUT2D eigenvalue weighted by Crippen LogP contribution is 2.22. The van der Waals surface area contributed by atoms with E-state index in [0.29, 0.717) is 18.2 Å². The molecule has 0 aliphatic carbocycles. The van der Waals surface area contributed by atoms with Crippen LogP contribution in [0.15, 0.2) is 17.5 Å². The predicted octanol–water partition coefficient (Wildman–Crippen LogP) is 2.79. The fourth-order valence-corrected chi connectivity index (χ4v) is 3.67. The molecule has 0 bridgehead atoms. The van der Waals surface area contributed by atoms with E-state index in [9.17, 15) is 9.59 Å². The van der Waals surface area contributed by atoms with Gasteiger partial charge in [0.05, 0.1) is 10.9 Å². The lowest BCUT2D eigenvalue weighted by atomic mass is 9.97. The second kappa shape index (κ2) is 7.05. The van der Waals surface area contributed by atoms with Gasteiger partial charge in [-0.05, 0) is 37.3 Å². The maximum absolute atomic E-state index is 12.3. The van der Waals surface area contributed by atoms with Crippen molar-refractivity contribution in [3.63, 3.8) is 0 Å². The van der Waals surface area contributed by atoms with E-state index in [-0.39, 0.29) is 17.9 Å². The molecule has 3 heterocycles. The van der Waals surface area contributed by atoms with Crippen LogP contribution in [0.1, 0.15) is 17.8 Å². The van der Waals surface area contributed by atoms with Gasteiger partial charge in [-0.2, -0.15) is 0 Å². The van der Waals surface area contributed by atoms with Crippen molar-refractivity contribution < 1.29 is 9.59 Å². The second-order valence-electron chi connectivity index (χ2n) is 5.31. The van der Waals surface area contributed by atoms with Crippen molar-refractivity contribution in [2.45, 2.75) is 19.8 Å². The molecule has 2 aromatic rings. The number of nitrogens with zero attached hydrogens (tertiary/aromatic N) is 3. The minimum atomic E-state index is -0.220. The summed E-state index contributed by atoms with van der Waals surface area (Å²) in [6, 6.07) is 3.59. The first-order chi connectivity index (χ1) is 11.1. The van der Waals surface area contributed by atoms with E-state index in [1.54, 1.807) is 4.90 Å². The summed E-state index contributed by atoms with van der Waals surface area (Å²) >= 11 is 2.82. The number of aryl methyl sites for hydroxylation is 1. The Kier molecular flexibility index (Phi) is 4.87. The van der Waals surface area contributed by atoms with Gasteiger partial charge in [0.25, 0.3) is 0 Å². The molecule has 2 N–H and O–H groups in total. The lowest BCUT2D eigenvalue weighted by Gasteiger charge is -2.31. The number of amides is 3. The Labute approximate surface area is 141 Å². The molecule has 3 rings (SSSR count). The van der Waals surface area contributed by atoms with Crippen molar-refractivity contribution >= 4 is 44.7 Å². The SMILES string of the molecule is Cc1nnc(NC(=O)C2CCCN(C(=O)Nc3cccs3)C2)s1. The molecule has 9 heteroatoms. The number of piperidine rings is 1. The van der Waals surface area contributed by atoms with Crippen molar-refractivity contribution in [3.8, 4) is 0 Å². The zero-order valence-electron chi connectivity index (χ0n) is 12.6. The molecule has 3 amide bonds. The summed E-state index contributed by atoms with van der Waals surface area (Å²) < 4.78 is 0. The number of aromatic nitrogens is 2. The monoisotopic (exact) mass is 351 g/mol. The number of carbonyl (C=O) groups is 2. The molecule has 0 spiro atoms. The Morgan fingerprint density at radius 2 is 2.22 bits per heavy atom. The van der Waals surface area contributed by atoms with E-state index in [1.165, 1.54) is 22.7 Å². The standard InChI is InChI=1S/C14H17N5O2S2/c1-9-17-18-13(23-9)16-12(20)10-4-2-6-19(8-10)14(21)15-11-5-3-7-22-11/h3,5,7,10H,2,4,6,8H2,1H3,(H,15,21)(H,16,18,20). The Morgan fingerprint density at radius 3 is 2.91 bits per heavy atom. The third kappa shape index (κ3) is 4.05. The average molecular weight is 351 g/mol. The van der Waals surface area contributed by atoms with Gasteiger partial charge in [-0.1, -0.05) is 11.3 Å². The highest BCUT2D eigenvalue weighted by molar-refractivity contribution is 7.15. The molecule has 0 radical (unpaired) electrons. The maximum Gasteiger partial charge on any atom is 0.322 e.